The molecule has 1 aliphatic heterocycles. The number of benzene rings is 2. The Kier molecular flexibility index (Phi) is 8.15. The van der Waals surface area contributed by atoms with E-state index in [0.717, 1.165) is 25.2 Å². The fourth-order valence-corrected chi connectivity index (χ4v) is 4.87. The van der Waals surface area contributed by atoms with Gasteiger partial charge in [0.15, 0.2) is 0 Å². The maximum atomic E-state index is 13.4. The Bertz CT molecular complexity index is 1240. The molecule has 0 atom stereocenters. The number of carbonyl (C=O) groups is 1. The van der Waals surface area contributed by atoms with Crippen LogP contribution in [-0.2, 0) is 26.1 Å². The summed E-state index contributed by atoms with van der Waals surface area (Å²) in [7, 11) is 3.10. The summed E-state index contributed by atoms with van der Waals surface area (Å²) in [6.07, 6.45) is 2.64. The molecule has 1 amide bonds. The zero-order chi connectivity index (χ0) is 24.8. The fourth-order valence-electron chi connectivity index (χ4n) is 4.46. The second-order valence-electron chi connectivity index (χ2n) is 8.39. The largest absolute Gasteiger partial charge is 0.496 e. The SMILES string of the molecule is COc1ccccc1CNC(=O)c1c(OC)cc(=O)n2c1CCN(Cc1ccc(SC)cc1)CC2. The van der Waals surface area contributed by atoms with Crippen LogP contribution in [0.5, 0.6) is 11.5 Å². The number of nitrogens with zero attached hydrogens (tertiary/aromatic N) is 2. The molecule has 2 aromatic carbocycles. The van der Waals surface area contributed by atoms with E-state index in [1.807, 2.05) is 24.3 Å². The first kappa shape index (κ1) is 24.9. The fraction of sp³-hybridized carbons (Fsp3) is 0.333. The summed E-state index contributed by atoms with van der Waals surface area (Å²) in [5, 5.41) is 2.99. The van der Waals surface area contributed by atoms with Crippen LogP contribution in [0.1, 0.15) is 27.2 Å². The Balaban J connectivity index is 1.55. The Morgan fingerprint density at radius 3 is 2.46 bits per heavy atom. The first-order chi connectivity index (χ1) is 17.0. The number of amides is 1. The van der Waals surface area contributed by atoms with Gasteiger partial charge < -0.3 is 19.4 Å². The lowest BCUT2D eigenvalue weighted by atomic mass is 10.1. The van der Waals surface area contributed by atoms with Crippen molar-refractivity contribution in [2.45, 2.75) is 31.0 Å². The van der Waals surface area contributed by atoms with Crippen LogP contribution in [0, 0.1) is 0 Å². The second kappa shape index (κ2) is 11.5. The van der Waals surface area contributed by atoms with Gasteiger partial charge in [0, 0.05) is 61.4 Å². The Labute approximate surface area is 210 Å². The third-order valence-electron chi connectivity index (χ3n) is 6.33. The number of hydrogen-bond acceptors (Lipinski definition) is 6. The summed E-state index contributed by atoms with van der Waals surface area (Å²) >= 11 is 1.72. The quantitative estimate of drug-likeness (QED) is 0.484. The highest BCUT2D eigenvalue weighted by atomic mass is 32.2. The minimum Gasteiger partial charge on any atom is -0.496 e. The summed E-state index contributed by atoms with van der Waals surface area (Å²) in [6.45, 7) is 3.09. The predicted molar refractivity (Wildman–Crippen MR) is 139 cm³/mol. The van der Waals surface area contributed by atoms with Gasteiger partial charge in [0.1, 0.15) is 17.1 Å². The second-order valence-corrected chi connectivity index (χ2v) is 9.27. The molecule has 0 aliphatic carbocycles. The van der Waals surface area contributed by atoms with Crippen molar-refractivity contribution in [3.05, 3.63) is 87.3 Å². The lowest BCUT2D eigenvalue weighted by molar-refractivity contribution is 0.0945. The van der Waals surface area contributed by atoms with Crippen molar-refractivity contribution in [1.82, 2.24) is 14.8 Å². The molecule has 0 saturated carbocycles. The molecule has 0 fully saturated rings. The first-order valence-corrected chi connectivity index (χ1v) is 12.8. The number of carbonyl (C=O) groups excluding carboxylic acids is 1. The maximum absolute atomic E-state index is 13.4. The zero-order valence-electron chi connectivity index (χ0n) is 20.4. The van der Waals surface area contributed by atoms with Crippen molar-refractivity contribution >= 4 is 17.7 Å². The van der Waals surface area contributed by atoms with Crippen LogP contribution in [0.2, 0.25) is 0 Å². The van der Waals surface area contributed by atoms with E-state index in [9.17, 15) is 9.59 Å². The van der Waals surface area contributed by atoms with E-state index in [2.05, 4.69) is 40.7 Å². The van der Waals surface area contributed by atoms with Crippen LogP contribution in [0.15, 0.2) is 64.3 Å². The van der Waals surface area contributed by atoms with Gasteiger partial charge in [-0.05, 0) is 30.0 Å². The molecule has 0 bridgehead atoms. The third kappa shape index (κ3) is 5.71. The number of ether oxygens (including phenoxy) is 2. The molecule has 1 aromatic heterocycles. The van der Waals surface area contributed by atoms with Crippen LogP contribution in [0.4, 0.5) is 0 Å². The van der Waals surface area contributed by atoms with Gasteiger partial charge in [-0.25, -0.2) is 0 Å². The highest BCUT2D eigenvalue weighted by Crippen LogP contribution is 2.24. The molecule has 2 heterocycles. The predicted octanol–water partition coefficient (Wildman–Crippen LogP) is 3.58. The highest BCUT2D eigenvalue weighted by Gasteiger charge is 2.25. The molecule has 7 nitrogen and oxygen atoms in total. The van der Waals surface area contributed by atoms with E-state index in [-0.39, 0.29) is 11.5 Å². The van der Waals surface area contributed by atoms with Crippen LogP contribution < -0.4 is 20.3 Å². The topological polar surface area (TPSA) is 72.8 Å². The summed E-state index contributed by atoms with van der Waals surface area (Å²) in [5.41, 5.74) is 3.10. The minimum atomic E-state index is -0.266. The van der Waals surface area contributed by atoms with Crippen molar-refractivity contribution in [3.63, 3.8) is 0 Å². The van der Waals surface area contributed by atoms with Gasteiger partial charge in [0.2, 0.25) is 0 Å². The maximum Gasteiger partial charge on any atom is 0.257 e. The number of nitrogens with one attached hydrogen (secondary N) is 1. The Hall–Kier alpha value is -3.23. The molecule has 184 valence electrons. The van der Waals surface area contributed by atoms with Crippen molar-refractivity contribution < 1.29 is 14.3 Å². The summed E-state index contributed by atoms with van der Waals surface area (Å²) in [6, 6.07) is 17.5. The first-order valence-electron chi connectivity index (χ1n) is 11.6. The van der Waals surface area contributed by atoms with E-state index in [4.69, 9.17) is 9.47 Å². The van der Waals surface area contributed by atoms with Gasteiger partial charge in [-0.1, -0.05) is 30.3 Å². The van der Waals surface area contributed by atoms with Gasteiger partial charge in [0.05, 0.1) is 14.2 Å². The van der Waals surface area contributed by atoms with Gasteiger partial charge in [-0.2, -0.15) is 0 Å². The smallest absolute Gasteiger partial charge is 0.257 e. The van der Waals surface area contributed by atoms with Crippen molar-refractivity contribution in [1.29, 1.82) is 0 Å². The molecule has 1 aliphatic rings. The number of pyridine rings is 1. The molecule has 0 spiro atoms. The Morgan fingerprint density at radius 1 is 1.00 bits per heavy atom. The number of aromatic nitrogens is 1. The number of methoxy groups -OCH3 is 2. The van der Waals surface area contributed by atoms with Crippen molar-refractivity contribution in [2.24, 2.45) is 0 Å². The lowest BCUT2D eigenvalue weighted by Gasteiger charge is -2.19. The molecule has 1 N–H and O–H groups in total. The summed E-state index contributed by atoms with van der Waals surface area (Å²) < 4.78 is 12.6. The van der Waals surface area contributed by atoms with Crippen LogP contribution in [0.25, 0.3) is 0 Å². The van der Waals surface area contributed by atoms with Crippen LogP contribution >= 0.6 is 11.8 Å². The van der Waals surface area contributed by atoms with Crippen LogP contribution in [-0.4, -0.2) is 48.9 Å². The van der Waals surface area contributed by atoms with Gasteiger partial charge in [-0.15, -0.1) is 11.8 Å². The Morgan fingerprint density at radius 2 is 1.74 bits per heavy atom. The molecule has 35 heavy (non-hydrogen) atoms. The molecule has 3 aromatic rings. The van der Waals surface area contributed by atoms with Gasteiger partial charge >= 0.3 is 0 Å². The molecule has 4 rings (SSSR count). The van der Waals surface area contributed by atoms with Crippen molar-refractivity contribution in [3.8, 4) is 11.5 Å². The highest BCUT2D eigenvalue weighted by molar-refractivity contribution is 7.98. The third-order valence-corrected chi connectivity index (χ3v) is 7.07. The number of thioether (sulfide) groups is 1. The zero-order valence-corrected chi connectivity index (χ0v) is 21.2. The number of para-hydroxylation sites is 1. The minimum absolute atomic E-state index is 0.149. The molecule has 0 unspecified atom stereocenters. The van der Waals surface area contributed by atoms with E-state index >= 15 is 0 Å². The number of fused-ring (bicyclic) bond motifs is 1. The van der Waals surface area contributed by atoms with Gasteiger partial charge in [-0.3, -0.25) is 14.5 Å². The molecule has 0 saturated heterocycles. The summed E-state index contributed by atoms with van der Waals surface area (Å²) in [4.78, 5) is 29.8. The van der Waals surface area contributed by atoms with E-state index in [1.165, 1.54) is 23.6 Å². The normalized spacial score (nSPS) is 13.6. The molecular formula is C27H31N3O4S. The number of hydrogen-bond donors (Lipinski definition) is 1. The van der Waals surface area contributed by atoms with Crippen molar-refractivity contribution in [2.75, 3.05) is 33.6 Å². The van der Waals surface area contributed by atoms with Crippen LogP contribution in [0.3, 0.4) is 0 Å². The number of rotatable bonds is 8. The average Bonchev–Trinajstić information content (AvgIpc) is 3.10. The average molecular weight is 494 g/mol. The van der Waals surface area contributed by atoms with E-state index in [1.54, 1.807) is 23.4 Å². The lowest BCUT2D eigenvalue weighted by Crippen LogP contribution is -2.31. The monoisotopic (exact) mass is 493 g/mol. The molecular weight excluding hydrogens is 462 g/mol. The van der Waals surface area contributed by atoms with Gasteiger partial charge in [0.25, 0.3) is 11.5 Å². The van der Waals surface area contributed by atoms with E-state index in [0.29, 0.717) is 42.3 Å². The standard InChI is InChI=1S/C27H31N3O4S/c1-33-23-7-5-4-6-20(23)17-28-27(32)26-22-12-13-29(18-19-8-10-21(35-3)11-9-19)14-15-30(22)25(31)16-24(26)34-2/h4-11,16H,12-15,17-18H2,1-3H3,(H,28,32). The molecule has 0 radical (unpaired) electrons. The summed E-state index contributed by atoms with van der Waals surface area (Å²) in [5.74, 6) is 0.751. The molecule has 8 heteroatoms. The van der Waals surface area contributed by atoms with E-state index < -0.39 is 0 Å².